The Labute approximate surface area is 401 Å². The van der Waals surface area contributed by atoms with E-state index in [0.717, 1.165) is 5.56 Å². The number of hydrogen-bond donors (Lipinski definition) is 7. The minimum atomic E-state index is -1.41. The highest BCUT2D eigenvalue weighted by Gasteiger charge is 2.34. The number of nitro benzene ring substituents is 1. The maximum atomic E-state index is 14.4. The zero-order valence-electron chi connectivity index (χ0n) is 39.7. The number of hydrogen-bond acceptors (Lipinski definition) is 12. The number of nitro groups is 1. The van der Waals surface area contributed by atoms with Crippen molar-refractivity contribution >= 4 is 47.1 Å². The lowest BCUT2D eigenvalue weighted by atomic mass is 9.98. The molecule has 0 aliphatic carbocycles. The van der Waals surface area contributed by atoms with Crippen molar-refractivity contribution in [3.8, 4) is 0 Å². The van der Waals surface area contributed by atoms with Crippen LogP contribution in [0.25, 0.3) is 0 Å². The summed E-state index contributed by atoms with van der Waals surface area (Å²) in [5.74, 6) is -5.51. The van der Waals surface area contributed by atoms with Crippen LogP contribution in [-0.4, -0.2) is 93.6 Å². The van der Waals surface area contributed by atoms with Crippen LogP contribution < -0.4 is 37.6 Å². The maximum absolute atomic E-state index is 14.4. The zero-order valence-corrected chi connectivity index (χ0v) is 39.7. The predicted molar refractivity (Wildman–Crippen MR) is 256 cm³/mol. The van der Waals surface area contributed by atoms with Crippen LogP contribution in [0.2, 0.25) is 0 Å². The third-order valence-corrected chi connectivity index (χ3v) is 11.0. The zero-order chi connectivity index (χ0) is 50.6. The lowest BCUT2D eigenvalue weighted by molar-refractivity contribution is -0.384. The summed E-state index contributed by atoms with van der Waals surface area (Å²) in [4.78, 5) is 111. The van der Waals surface area contributed by atoms with E-state index in [2.05, 4.69) is 36.9 Å². The first-order valence-electron chi connectivity index (χ1n) is 22.8. The van der Waals surface area contributed by atoms with Gasteiger partial charge in [-0.2, -0.15) is 0 Å². The van der Waals surface area contributed by atoms with Gasteiger partial charge in [-0.25, -0.2) is 4.79 Å². The minimum Gasteiger partial charge on any atom is -0.459 e. The number of benzene rings is 3. The smallest absolute Gasteiger partial charge is 0.328 e. The number of amides is 6. The summed E-state index contributed by atoms with van der Waals surface area (Å²) in [5.41, 5.74) is 8.48. The van der Waals surface area contributed by atoms with Gasteiger partial charge in [0.25, 0.3) is 5.69 Å². The van der Waals surface area contributed by atoms with Crippen LogP contribution in [0, 0.1) is 22.0 Å². The van der Waals surface area contributed by atoms with Crippen LogP contribution in [0.5, 0.6) is 0 Å². The van der Waals surface area contributed by atoms with Gasteiger partial charge in [-0.3, -0.25) is 43.9 Å². The number of aromatic nitrogens is 1. The highest BCUT2D eigenvalue weighted by molar-refractivity contribution is 5.97. The number of pyridine rings is 1. The quantitative estimate of drug-likeness (QED) is 0.0287. The van der Waals surface area contributed by atoms with Gasteiger partial charge in [-0.1, -0.05) is 100 Å². The van der Waals surface area contributed by atoms with E-state index in [1.165, 1.54) is 38.1 Å². The van der Waals surface area contributed by atoms with E-state index in [1.54, 1.807) is 68.7 Å². The summed E-state index contributed by atoms with van der Waals surface area (Å²) >= 11 is 0. The number of nitrogens with zero attached hydrogens (tertiary/aromatic N) is 2. The summed E-state index contributed by atoms with van der Waals surface area (Å²) in [5, 5.41) is 27.4. The van der Waals surface area contributed by atoms with Crippen molar-refractivity contribution in [2.45, 2.75) is 116 Å². The van der Waals surface area contributed by atoms with E-state index in [-0.39, 0.29) is 43.9 Å². The average molecular weight is 950 g/mol. The Hall–Kier alpha value is -7.54. The topological polar surface area (TPSA) is 283 Å². The van der Waals surface area contributed by atoms with E-state index < -0.39 is 94.5 Å². The van der Waals surface area contributed by atoms with Gasteiger partial charge in [0.05, 0.1) is 11.0 Å². The molecule has 3 aromatic carbocycles. The molecule has 4 aromatic rings. The maximum Gasteiger partial charge on any atom is 0.328 e. The molecule has 8 N–H and O–H groups in total. The first kappa shape index (κ1) is 54.1. The van der Waals surface area contributed by atoms with Crippen molar-refractivity contribution in [1.29, 1.82) is 0 Å². The van der Waals surface area contributed by atoms with E-state index in [0.29, 0.717) is 16.7 Å². The van der Waals surface area contributed by atoms with Crippen LogP contribution in [0.4, 0.5) is 5.69 Å². The largest absolute Gasteiger partial charge is 0.459 e. The van der Waals surface area contributed by atoms with Gasteiger partial charge >= 0.3 is 5.97 Å². The lowest BCUT2D eigenvalue weighted by Gasteiger charge is -2.28. The fourth-order valence-corrected chi connectivity index (χ4v) is 7.05. The number of nitrogens with one attached hydrogen (secondary N) is 6. The van der Waals surface area contributed by atoms with E-state index in [9.17, 15) is 43.7 Å². The highest BCUT2D eigenvalue weighted by Crippen LogP contribution is 2.15. The van der Waals surface area contributed by atoms with Crippen molar-refractivity contribution in [1.82, 2.24) is 36.9 Å². The Morgan fingerprint density at radius 3 is 1.54 bits per heavy atom. The molecule has 0 unspecified atom stereocenters. The van der Waals surface area contributed by atoms with Crippen LogP contribution in [0.15, 0.2) is 109 Å². The molecule has 0 radical (unpaired) electrons. The van der Waals surface area contributed by atoms with Gasteiger partial charge in [0, 0.05) is 37.4 Å². The Morgan fingerprint density at radius 2 is 1.01 bits per heavy atom. The highest BCUT2D eigenvalue weighted by atomic mass is 16.6. The van der Waals surface area contributed by atoms with Gasteiger partial charge in [-0.05, 0) is 72.9 Å². The second-order valence-electron chi connectivity index (χ2n) is 17.6. The number of nitrogens with two attached hydrogens (primary N) is 1. The fraction of sp³-hybridized carbons (Fsp3) is 0.400. The van der Waals surface area contributed by atoms with Crippen LogP contribution >= 0.6 is 0 Å². The summed E-state index contributed by atoms with van der Waals surface area (Å²) in [6.07, 6.45) is 3.35. The minimum absolute atomic E-state index is 0.0221. The second kappa shape index (κ2) is 26.7. The molecule has 0 saturated heterocycles. The molecule has 0 spiro atoms. The first-order valence-corrected chi connectivity index (χ1v) is 22.8. The predicted octanol–water partition coefficient (Wildman–Crippen LogP) is 2.74. The molecule has 19 heteroatoms. The lowest BCUT2D eigenvalue weighted by Crippen LogP contribution is -2.60. The standard InChI is InChI=1S/C50H63N9O10/c1-30(2)25-42(50(66)69-29-37-21-23-52-24-22-37)57-49(65)43(31(3)4)58-48(64)41(27-35-15-11-8-12-16-35)56-47(63)40(28-36-17-19-38(20-18-36)59(67)68)55-45(61)33(6)53-44(60)32(5)54-46(62)39(51)26-34-13-9-7-10-14-34/h7-24,30-33,39-43H,25-29,51H2,1-6H3,(H,53,60)(H,54,62)(H,55,61)(H,56,63)(H,57,65)(H,58,64)/t32-,33-,39-,40-,41-,42-,43-/m0/s1. The molecule has 0 fully saturated rings. The Balaban J connectivity index is 1.52. The van der Waals surface area contributed by atoms with Crippen LogP contribution in [0.3, 0.4) is 0 Å². The molecule has 0 saturated carbocycles. The number of carbonyl (C=O) groups is 7. The van der Waals surface area contributed by atoms with E-state index >= 15 is 0 Å². The Morgan fingerprint density at radius 1 is 0.551 bits per heavy atom. The van der Waals surface area contributed by atoms with Gasteiger partial charge < -0.3 is 42.4 Å². The van der Waals surface area contributed by atoms with Gasteiger partial charge in [-0.15, -0.1) is 0 Å². The number of ether oxygens (including phenoxy) is 1. The summed E-state index contributed by atoms with van der Waals surface area (Å²) in [7, 11) is 0. The molecule has 6 amide bonds. The van der Waals surface area contributed by atoms with Gasteiger partial charge in [0.2, 0.25) is 35.4 Å². The van der Waals surface area contributed by atoms with Crippen molar-refractivity contribution in [2.75, 3.05) is 0 Å². The average Bonchev–Trinajstić information content (AvgIpc) is 3.32. The molecule has 69 heavy (non-hydrogen) atoms. The molecule has 368 valence electrons. The summed E-state index contributed by atoms with van der Waals surface area (Å²) < 4.78 is 5.54. The van der Waals surface area contributed by atoms with Gasteiger partial charge in [0.15, 0.2) is 0 Å². The molecule has 1 heterocycles. The van der Waals surface area contributed by atoms with Crippen molar-refractivity contribution in [2.24, 2.45) is 17.6 Å². The summed E-state index contributed by atoms with van der Waals surface area (Å²) in [6.45, 7) is 9.94. The molecule has 7 atom stereocenters. The molecular weight excluding hydrogens is 887 g/mol. The molecular formula is C50H63N9O10. The number of esters is 1. The molecule has 0 aliphatic heterocycles. The number of rotatable bonds is 25. The molecule has 19 nitrogen and oxygen atoms in total. The van der Waals surface area contributed by atoms with Crippen molar-refractivity contribution in [3.05, 3.63) is 142 Å². The SMILES string of the molecule is CC(C)C[C@H](NC(=O)[C@@H](NC(=O)[C@H](Cc1ccccc1)NC(=O)[C@H](Cc1ccc([N+](=O)[O-])cc1)NC(=O)[C@H](C)NC(=O)[C@H](C)NC(=O)[C@@H](N)Cc1ccccc1)C(C)C)C(=O)OCc1ccncc1. The van der Waals surface area contributed by atoms with E-state index in [4.69, 9.17) is 10.5 Å². The Bertz CT molecular complexity index is 2350. The molecule has 0 bridgehead atoms. The third-order valence-electron chi connectivity index (χ3n) is 11.0. The van der Waals surface area contributed by atoms with Crippen molar-refractivity contribution < 1.29 is 43.2 Å². The monoisotopic (exact) mass is 949 g/mol. The van der Waals surface area contributed by atoms with Crippen LogP contribution in [0.1, 0.15) is 70.2 Å². The fourth-order valence-electron chi connectivity index (χ4n) is 7.05. The first-order chi connectivity index (χ1) is 32.8. The third kappa shape index (κ3) is 17.9. The number of carbonyl (C=O) groups excluding carboxylic acids is 7. The van der Waals surface area contributed by atoms with Crippen molar-refractivity contribution in [3.63, 3.8) is 0 Å². The van der Waals surface area contributed by atoms with Gasteiger partial charge in [0.1, 0.15) is 42.9 Å². The van der Waals surface area contributed by atoms with Crippen LogP contribution in [-0.2, 0) is 64.2 Å². The normalized spacial score (nSPS) is 14.1. The molecule has 4 rings (SSSR count). The molecule has 1 aromatic heterocycles. The number of non-ortho nitro benzene ring substituents is 1. The second-order valence-corrected chi connectivity index (χ2v) is 17.6. The summed E-state index contributed by atoms with van der Waals surface area (Å²) in [6, 6.07) is 18.3. The Kier molecular flexibility index (Phi) is 20.9. The van der Waals surface area contributed by atoms with E-state index in [1.807, 2.05) is 44.2 Å². The molecule has 0 aliphatic rings.